The molecule has 5 nitrogen and oxygen atoms in total. The van der Waals surface area contributed by atoms with Crippen LogP contribution in [0.2, 0.25) is 5.02 Å². The smallest absolute Gasteiger partial charge is 0.324 e. The summed E-state index contributed by atoms with van der Waals surface area (Å²) in [5.41, 5.74) is 0.203. The molecule has 0 fully saturated rings. The van der Waals surface area contributed by atoms with Crippen LogP contribution in [0.1, 0.15) is 0 Å². The molecule has 0 spiro atoms. The highest BCUT2D eigenvalue weighted by molar-refractivity contribution is 9.11. The van der Waals surface area contributed by atoms with E-state index in [2.05, 4.69) is 15.9 Å². The first-order valence-corrected chi connectivity index (χ1v) is 8.99. The molecule has 0 unspecified atom stereocenters. The van der Waals surface area contributed by atoms with E-state index in [1.165, 1.54) is 18.2 Å². The van der Waals surface area contributed by atoms with E-state index in [4.69, 9.17) is 16.7 Å². The zero-order chi connectivity index (χ0) is 15.6. The predicted octanol–water partition coefficient (Wildman–Crippen LogP) is 3.44. The molecular weight excluding hydrogens is 402 g/mol. The van der Waals surface area contributed by atoms with Gasteiger partial charge in [0.25, 0.3) is 10.0 Å². The van der Waals surface area contributed by atoms with Gasteiger partial charge >= 0.3 is 5.97 Å². The molecule has 0 aliphatic heterocycles. The molecule has 21 heavy (non-hydrogen) atoms. The van der Waals surface area contributed by atoms with Crippen LogP contribution in [0, 0.1) is 0 Å². The van der Waals surface area contributed by atoms with Crippen molar-refractivity contribution in [3.63, 3.8) is 0 Å². The van der Waals surface area contributed by atoms with Gasteiger partial charge in [-0.05, 0) is 46.3 Å². The van der Waals surface area contributed by atoms with E-state index in [9.17, 15) is 13.2 Å². The van der Waals surface area contributed by atoms with Crippen LogP contribution in [0.3, 0.4) is 0 Å². The minimum atomic E-state index is -3.96. The molecule has 0 aliphatic carbocycles. The Labute approximate surface area is 139 Å². The molecule has 2 aromatic rings. The number of hydrogen-bond donors (Lipinski definition) is 1. The third-order valence-electron chi connectivity index (χ3n) is 2.47. The minimum absolute atomic E-state index is 0.0515. The van der Waals surface area contributed by atoms with E-state index in [1.807, 2.05) is 0 Å². The average Bonchev–Trinajstić information content (AvgIpc) is 2.83. The number of carboxylic acid groups (broad SMARTS) is 1. The first kappa shape index (κ1) is 16.3. The van der Waals surface area contributed by atoms with Gasteiger partial charge in [0.15, 0.2) is 0 Å². The lowest BCUT2D eigenvalue weighted by Crippen LogP contribution is -2.35. The number of carboxylic acids is 1. The lowest BCUT2D eigenvalue weighted by Gasteiger charge is -2.21. The largest absolute Gasteiger partial charge is 0.480 e. The van der Waals surface area contributed by atoms with E-state index >= 15 is 0 Å². The number of carbonyl (C=O) groups is 1. The van der Waals surface area contributed by atoms with Crippen molar-refractivity contribution in [1.82, 2.24) is 0 Å². The Bertz CT molecular complexity index is 775. The molecule has 9 heteroatoms. The highest BCUT2D eigenvalue weighted by Gasteiger charge is 2.28. The Kier molecular flexibility index (Phi) is 4.92. The second-order valence-electron chi connectivity index (χ2n) is 3.94. The summed E-state index contributed by atoms with van der Waals surface area (Å²) in [6.45, 7) is -0.682. The van der Waals surface area contributed by atoms with Crippen molar-refractivity contribution < 1.29 is 18.3 Å². The van der Waals surface area contributed by atoms with Crippen molar-refractivity contribution in [1.29, 1.82) is 0 Å². The monoisotopic (exact) mass is 409 g/mol. The summed E-state index contributed by atoms with van der Waals surface area (Å²) in [7, 11) is -3.96. The Morgan fingerprint density at radius 3 is 2.57 bits per heavy atom. The quantitative estimate of drug-likeness (QED) is 0.819. The van der Waals surface area contributed by atoms with Gasteiger partial charge < -0.3 is 5.11 Å². The van der Waals surface area contributed by atoms with Gasteiger partial charge in [-0.2, -0.15) is 0 Å². The van der Waals surface area contributed by atoms with Gasteiger partial charge in [-0.15, -0.1) is 11.3 Å². The van der Waals surface area contributed by atoms with Gasteiger partial charge in [0.2, 0.25) is 0 Å². The number of nitrogens with zero attached hydrogens (tertiary/aromatic N) is 1. The van der Waals surface area contributed by atoms with Crippen molar-refractivity contribution in [2.45, 2.75) is 4.21 Å². The van der Waals surface area contributed by atoms with Gasteiger partial charge in [0.05, 0.1) is 9.47 Å². The van der Waals surface area contributed by atoms with Crippen molar-refractivity contribution >= 4 is 60.5 Å². The summed E-state index contributed by atoms with van der Waals surface area (Å²) < 4.78 is 26.7. The molecule has 0 bridgehead atoms. The molecule has 0 atom stereocenters. The van der Waals surface area contributed by atoms with Crippen LogP contribution in [0.25, 0.3) is 0 Å². The highest BCUT2D eigenvalue weighted by Crippen LogP contribution is 2.31. The predicted molar refractivity (Wildman–Crippen MR) is 85.6 cm³/mol. The summed E-state index contributed by atoms with van der Waals surface area (Å²) >= 11 is 10.1. The molecule has 0 saturated heterocycles. The van der Waals surface area contributed by atoms with Crippen LogP contribution in [-0.2, 0) is 14.8 Å². The van der Waals surface area contributed by atoms with Crippen LogP contribution >= 0.6 is 38.9 Å². The Morgan fingerprint density at radius 1 is 1.33 bits per heavy atom. The molecule has 0 aliphatic rings. The second kappa shape index (κ2) is 6.35. The summed E-state index contributed by atoms with van der Waals surface area (Å²) in [6, 6.07) is 9.06. The third kappa shape index (κ3) is 3.76. The maximum Gasteiger partial charge on any atom is 0.324 e. The number of thiophene rings is 1. The lowest BCUT2D eigenvalue weighted by molar-refractivity contribution is -0.135. The summed E-state index contributed by atoms with van der Waals surface area (Å²) in [5.74, 6) is -1.26. The summed E-state index contributed by atoms with van der Waals surface area (Å²) in [4.78, 5) is 11.0. The van der Waals surface area contributed by atoms with Crippen molar-refractivity contribution in [2.75, 3.05) is 10.8 Å². The molecule has 0 amide bonds. The number of halogens is 2. The molecule has 1 aromatic carbocycles. The Hall–Kier alpha value is -1.09. The van der Waals surface area contributed by atoms with Crippen LogP contribution in [0.4, 0.5) is 5.69 Å². The molecule has 1 N–H and O–H groups in total. The molecule has 1 heterocycles. The molecular formula is C12H9BrClNO4S2. The maximum absolute atomic E-state index is 12.6. The normalized spacial score (nSPS) is 11.3. The lowest BCUT2D eigenvalue weighted by atomic mass is 10.3. The van der Waals surface area contributed by atoms with E-state index in [0.717, 1.165) is 15.6 Å². The Balaban J connectivity index is 2.52. The molecule has 1 aromatic heterocycles. The van der Waals surface area contributed by atoms with Gasteiger partial charge in [0.1, 0.15) is 10.8 Å². The summed E-state index contributed by atoms with van der Waals surface area (Å²) in [6.07, 6.45) is 0. The highest BCUT2D eigenvalue weighted by atomic mass is 79.9. The third-order valence-corrected chi connectivity index (χ3v) is 6.57. The molecule has 2 rings (SSSR count). The van der Waals surface area contributed by atoms with Gasteiger partial charge in [0, 0.05) is 5.02 Å². The van der Waals surface area contributed by atoms with Gasteiger partial charge in [-0.25, -0.2) is 8.42 Å². The van der Waals surface area contributed by atoms with E-state index in [-0.39, 0.29) is 9.90 Å². The zero-order valence-corrected chi connectivity index (χ0v) is 14.3. The fourth-order valence-electron chi connectivity index (χ4n) is 1.61. The topological polar surface area (TPSA) is 74.7 Å². The van der Waals surface area contributed by atoms with Gasteiger partial charge in [-0.1, -0.05) is 17.7 Å². The zero-order valence-electron chi connectivity index (χ0n) is 10.4. The van der Waals surface area contributed by atoms with Crippen molar-refractivity contribution in [3.05, 3.63) is 45.2 Å². The van der Waals surface area contributed by atoms with Crippen LogP contribution in [-0.4, -0.2) is 26.0 Å². The number of sulfonamides is 1. The SMILES string of the molecule is O=C(O)CN(c1cccc(Cl)c1)S(=O)(=O)c1ccc(Br)s1. The number of rotatable bonds is 5. The van der Waals surface area contributed by atoms with Crippen molar-refractivity contribution in [3.8, 4) is 0 Å². The first-order valence-electron chi connectivity index (χ1n) is 5.56. The van der Waals surface area contributed by atoms with Crippen LogP contribution in [0.5, 0.6) is 0 Å². The minimum Gasteiger partial charge on any atom is -0.480 e. The fourth-order valence-corrected chi connectivity index (χ4v) is 5.33. The average molecular weight is 411 g/mol. The van der Waals surface area contributed by atoms with E-state index < -0.39 is 22.5 Å². The van der Waals surface area contributed by atoms with E-state index in [1.54, 1.807) is 18.2 Å². The standard InChI is InChI=1S/C12H9BrClNO4S2/c13-10-4-5-12(20-10)21(18,19)15(7-11(16)17)9-3-1-2-8(14)6-9/h1-6H,7H2,(H,16,17). The fraction of sp³-hybridized carbons (Fsp3) is 0.0833. The van der Waals surface area contributed by atoms with Crippen LogP contribution < -0.4 is 4.31 Å². The number of anilines is 1. The molecule has 112 valence electrons. The second-order valence-corrected chi connectivity index (χ2v) is 8.93. The Morgan fingerprint density at radius 2 is 2.05 bits per heavy atom. The number of hydrogen-bond acceptors (Lipinski definition) is 4. The van der Waals surface area contributed by atoms with Gasteiger partial charge in [-0.3, -0.25) is 9.10 Å². The summed E-state index contributed by atoms with van der Waals surface area (Å²) in [5, 5.41) is 9.31. The van der Waals surface area contributed by atoms with E-state index in [0.29, 0.717) is 8.81 Å². The molecule has 0 radical (unpaired) electrons. The first-order chi connectivity index (χ1) is 9.80. The van der Waals surface area contributed by atoms with Crippen LogP contribution in [0.15, 0.2) is 44.4 Å². The maximum atomic E-state index is 12.6. The molecule has 0 saturated carbocycles. The van der Waals surface area contributed by atoms with Crippen molar-refractivity contribution in [2.24, 2.45) is 0 Å². The number of benzene rings is 1. The number of aliphatic carboxylic acids is 1.